The lowest BCUT2D eigenvalue weighted by atomic mass is 10.2. The molecular weight excluding hydrogens is 254 g/mol. The summed E-state index contributed by atoms with van der Waals surface area (Å²) in [6.07, 6.45) is 0.863. The number of thiazole rings is 1. The van der Waals surface area contributed by atoms with E-state index in [1.54, 1.807) is 0 Å². The zero-order valence-electron chi connectivity index (χ0n) is 10.5. The van der Waals surface area contributed by atoms with E-state index in [0.717, 1.165) is 5.69 Å². The molecule has 0 atom stereocenters. The van der Waals surface area contributed by atoms with Crippen LogP contribution in [0.3, 0.4) is 0 Å². The molecule has 0 bridgehead atoms. The number of rotatable bonds is 7. The van der Waals surface area contributed by atoms with E-state index in [1.165, 1.54) is 18.4 Å². The van der Waals surface area contributed by atoms with Crippen molar-refractivity contribution in [2.75, 3.05) is 25.5 Å². The van der Waals surface area contributed by atoms with Crippen molar-refractivity contribution >= 4 is 28.3 Å². The second-order valence-corrected chi connectivity index (χ2v) is 4.39. The van der Waals surface area contributed by atoms with Crippen LogP contribution in [0.25, 0.3) is 0 Å². The summed E-state index contributed by atoms with van der Waals surface area (Å²) in [6, 6.07) is 0. The van der Waals surface area contributed by atoms with Gasteiger partial charge in [0.25, 0.3) is 0 Å². The topological polar surface area (TPSA) is 80.3 Å². The molecule has 0 saturated heterocycles. The molecule has 0 unspecified atom stereocenters. The molecule has 0 aliphatic rings. The van der Waals surface area contributed by atoms with Gasteiger partial charge in [-0.2, -0.15) is 0 Å². The van der Waals surface area contributed by atoms with Gasteiger partial charge < -0.3 is 15.4 Å². The van der Waals surface area contributed by atoms with Gasteiger partial charge in [-0.25, -0.2) is 4.98 Å². The van der Waals surface area contributed by atoms with Gasteiger partial charge in [0.15, 0.2) is 5.13 Å². The fraction of sp³-hybridized carbons (Fsp3) is 0.545. The number of methoxy groups -OCH3 is 1. The molecule has 1 rings (SSSR count). The number of esters is 1. The van der Waals surface area contributed by atoms with Crippen LogP contribution in [-0.4, -0.2) is 37.1 Å². The number of carbonyl (C=O) groups is 2. The van der Waals surface area contributed by atoms with Crippen molar-refractivity contribution in [2.45, 2.75) is 19.8 Å². The Morgan fingerprint density at radius 1 is 1.50 bits per heavy atom. The lowest BCUT2D eigenvalue weighted by Crippen LogP contribution is -2.29. The maximum absolute atomic E-state index is 11.2. The first-order chi connectivity index (χ1) is 8.65. The Balaban J connectivity index is 2.34. The predicted octanol–water partition coefficient (Wildman–Crippen LogP) is 0.797. The fourth-order valence-corrected chi connectivity index (χ4v) is 1.99. The minimum absolute atomic E-state index is 0.0659. The maximum Gasteiger partial charge on any atom is 0.305 e. The van der Waals surface area contributed by atoms with Crippen LogP contribution in [-0.2, 0) is 20.7 Å². The maximum atomic E-state index is 11.2. The van der Waals surface area contributed by atoms with Crippen LogP contribution in [0.15, 0.2) is 5.38 Å². The van der Waals surface area contributed by atoms with E-state index in [4.69, 9.17) is 0 Å². The van der Waals surface area contributed by atoms with E-state index < -0.39 is 0 Å². The van der Waals surface area contributed by atoms with Crippen LogP contribution >= 0.6 is 11.3 Å². The summed E-state index contributed by atoms with van der Waals surface area (Å²) in [7, 11) is 1.36. The van der Waals surface area contributed by atoms with Crippen molar-refractivity contribution in [2.24, 2.45) is 0 Å². The normalized spacial score (nSPS) is 9.89. The molecule has 1 aromatic rings. The molecular formula is C11H17N3O3S. The number of aromatic nitrogens is 1. The molecule has 6 nitrogen and oxygen atoms in total. The number of nitrogens with one attached hydrogen (secondary N) is 2. The number of ether oxygens (including phenoxy) is 1. The molecule has 18 heavy (non-hydrogen) atoms. The fourth-order valence-electron chi connectivity index (χ4n) is 1.25. The summed E-state index contributed by atoms with van der Waals surface area (Å²) >= 11 is 1.41. The van der Waals surface area contributed by atoms with Crippen molar-refractivity contribution in [3.05, 3.63) is 11.1 Å². The number of anilines is 1. The van der Waals surface area contributed by atoms with Gasteiger partial charge in [0.2, 0.25) is 5.91 Å². The zero-order valence-corrected chi connectivity index (χ0v) is 11.3. The highest BCUT2D eigenvalue weighted by atomic mass is 32.1. The average molecular weight is 271 g/mol. The minimum atomic E-state index is -0.250. The van der Waals surface area contributed by atoms with Crippen molar-refractivity contribution < 1.29 is 14.3 Å². The van der Waals surface area contributed by atoms with Gasteiger partial charge in [-0.15, -0.1) is 11.3 Å². The molecule has 0 radical (unpaired) electrons. The number of likely N-dealkylation sites (N-methyl/N-ethyl adjacent to an activating group) is 1. The summed E-state index contributed by atoms with van der Waals surface area (Å²) < 4.78 is 4.55. The van der Waals surface area contributed by atoms with Gasteiger partial charge in [0.1, 0.15) is 0 Å². The van der Waals surface area contributed by atoms with Crippen LogP contribution in [0.5, 0.6) is 0 Å². The molecule has 0 aromatic carbocycles. The number of nitrogens with zero attached hydrogens (tertiary/aromatic N) is 1. The molecule has 0 spiro atoms. The Morgan fingerprint density at radius 3 is 2.94 bits per heavy atom. The van der Waals surface area contributed by atoms with Gasteiger partial charge in [-0.1, -0.05) is 0 Å². The van der Waals surface area contributed by atoms with Gasteiger partial charge in [0, 0.05) is 18.3 Å². The molecule has 0 fully saturated rings. The Labute approximate surface area is 110 Å². The molecule has 1 amide bonds. The third-order valence-corrected chi connectivity index (χ3v) is 2.99. The largest absolute Gasteiger partial charge is 0.469 e. The van der Waals surface area contributed by atoms with E-state index in [0.29, 0.717) is 24.5 Å². The van der Waals surface area contributed by atoms with Crippen LogP contribution < -0.4 is 10.6 Å². The molecule has 1 heterocycles. The Hall–Kier alpha value is -1.63. The van der Waals surface area contributed by atoms with Gasteiger partial charge in [0.05, 0.1) is 25.8 Å². The summed E-state index contributed by atoms with van der Waals surface area (Å²) in [4.78, 5) is 26.5. The van der Waals surface area contributed by atoms with Crippen LogP contribution in [0, 0.1) is 0 Å². The summed E-state index contributed by atoms with van der Waals surface area (Å²) in [6.45, 7) is 2.69. The molecule has 0 saturated carbocycles. The third kappa shape index (κ3) is 5.13. The summed E-state index contributed by atoms with van der Waals surface area (Å²) in [5.74, 6) is -0.316. The number of hydrogen-bond donors (Lipinski definition) is 2. The average Bonchev–Trinajstić information content (AvgIpc) is 2.82. The smallest absolute Gasteiger partial charge is 0.305 e. The highest BCUT2D eigenvalue weighted by Crippen LogP contribution is 2.16. The summed E-state index contributed by atoms with van der Waals surface area (Å²) in [5, 5.41) is 8.16. The molecule has 2 N–H and O–H groups in total. The van der Waals surface area contributed by atoms with Gasteiger partial charge >= 0.3 is 5.97 Å². The van der Waals surface area contributed by atoms with E-state index in [9.17, 15) is 9.59 Å². The second kappa shape index (κ2) is 7.65. The Kier molecular flexibility index (Phi) is 6.13. The molecule has 0 aliphatic heterocycles. The number of amides is 1. The number of carbonyl (C=O) groups excluding carboxylic acids is 2. The molecule has 100 valence electrons. The monoisotopic (exact) mass is 271 g/mol. The quantitative estimate of drug-likeness (QED) is 0.717. The van der Waals surface area contributed by atoms with Crippen LogP contribution in [0.4, 0.5) is 5.13 Å². The van der Waals surface area contributed by atoms with E-state index in [2.05, 4.69) is 20.4 Å². The predicted molar refractivity (Wildman–Crippen MR) is 69.6 cm³/mol. The lowest BCUT2D eigenvalue weighted by Gasteiger charge is -2.02. The first-order valence-electron chi connectivity index (χ1n) is 5.67. The Morgan fingerprint density at radius 2 is 2.28 bits per heavy atom. The third-order valence-electron chi connectivity index (χ3n) is 2.14. The minimum Gasteiger partial charge on any atom is -0.469 e. The van der Waals surface area contributed by atoms with E-state index in [1.807, 2.05) is 12.3 Å². The van der Waals surface area contributed by atoms with Gasteiger partial charge in [-0.05, 0) is 6.92 Å². The number of aryl methyl sites for hydroxylation is 1. The van der Waals surface area contributed by atoms with E-state index in [-0.39, 0.29) is 18.4 Å². The highest BCUT2D eigenvalue weighted by molar-refractivity contribution is 7.13. The van der Waals surface area contributed by atoms with Crippen LogP contribution in [0.2, 0.25) is 0 Å². The number of hydrogen-bond acceptors (Lipinski definition) is 6. The lowest BCUT2D eigenvalue weighted by molar-refractivity contribution is -0.140. The van der Waals surface area contributed by atoms with Crippen molar-refractivity contribution in [1.82, 2.24) is 10.3 Å². The highest BCUT2D eigenvalue weighted by Gasteiger charge is 2.06. The standard InChI is InChI=1S/C11H17N3O3S/c1-3-12-9(15)6-13-11-14-8(7-18-11)4-5-10(16)17-2/h7H,3-6H2,1-2H3,(H,12,15)(H,13,14). The van der Waals surface area contributed by atoms with Gasteiger partial charge in [-0.3, -0.25) is 9.59 Å². The second-order valence-electron chi connectivity index (χ2n) is 3.53. The summed E-state index contributed by atoms with van der Waals surface area (Å²) in [5.41, 5.74) is 0.823. The zero-order chi connectivity index (χ0) is 13.4. The SMILES string of the molecule is CCNC(=O)CNc1nc(CCC(=O)OC)cs1. The molecule has 7 heteroatoms. The first-order valence-corrected chi connectivity index (χ1v) is 6.55. The molecule has 0 aliphatic carbocycles. The van der Waals surface area contributed by atoms with Crippen molar-refractivity contribution in [3.63, 3.8) is 0 Å². The Bertz CT molecular complexity index is 406. The molecule has 1 aromatic heterocycles. The van der Waals surface area contributed by atoms with Crippen molar-refractivity contribution in [3.8, 4) is 0 Å². The van der Waals surface area contributed by atoms with Crippen molar-refractivity contribution in [1.29, 1.82) is 0 Å². The van der Waals surface area contributed by atoms with E-state index >= 15 is 0 Å². The first kappa shape index (κ1) is 14.4. The van der Waals surface area contributed by atoms with Crippen LogP contribution in [0.1, 0.15) is 19.0 Å².